The summed E-state index contributed by atoms with van der Waals surface area (Å²) in [5, 5.41) is 2.93. The quantitative estimate of drug-likeness (QED) is 0.591. The largest absolute Gasteiger partial charge is 0.357 e. The molecule has 0 spiro atoms. The van der Waals surface area contributed by atoms with Gasteiger partial charge >= 0.3 is 10.2 Å². The number of likely N-dealkylation sites (N-methyl/N-ethyl adjacent to an activating group) is 1. The van der Waals surface area contributed by atoms with Gasteiger partial charge in [0.25, 0.3) is 0 Å². The van der Waals surface area contributed by atoms with Gasteiger partial charge in [0.05, 0.1) is 5.69 Å². The van der Waals surface area contributed by atoms with Gasteiger partial charge in [-0.3, -0.25) is 9.59 Å². The van der Waals surface area contributed by atoms with E-state index in [-0.39, 0.29) is 12.2 Å². The predicted octanol–water partition coefficient (Wildman–Crippen LogP) is 2.26. The van der Waals surface area contributed by atoms with Crippen molar-refractivity contribution in [2.24, 2.45) is 0 Å². The Bertz CT molecular complexity index is 1080. The summed E-state index contributed by atoms with van der Waals surface area (Å²) in [5.41, 5.74) is 0.374. The summed E-state index contributed by atoms with van der Waals surface area (Å²) in [5.74, 6) is -1.92. The molecule has 0 radical (unpaired) electrons. The molecule has 1 N–H and O–H groups in total. The van der Waals surface area contributed by atoms with Crippen molar-refractivity contribution in [3.8, 4) is 0 Å². The van der Waals surface area contributed by atoms with Crippen LogP contribution in [0.25, 0.3) is 0 Å². The molecule has 0 aliphatic carbocycles. The van der Waals surface area contributed by atoms with Crippen LogP contribution in [0.4, 0.5) is 10.1 Å². The maximum atomic E-state index is 14.5. The molecule has 0 heterocycles. The molecule has 1 atom stereocenters. The topological polar surface area (TPSA) is 90.0 Å². The lowest BCUT2D eigenvalue weighted by molar-refractivity contribution is -0.139. The minimum Gasteiger partial charge on any atom is -0.357 e. The van der Waals surface area contributed by atoms with E-state index >= 15 is 0 Å². The Kier molecular flexibility index (Phi) is 8.59. The van der Waals surface area contributed by atoms with E-state index in [0.717, 1.165) is 10.4 Å². The number of carbonyl (C=O) groups excluding carboxylic acids is 2. The molecular formula is C21H26ClFN4O4S. The summed E-state index contributed by atoms with van der Waals surface area (Å²) >= 11 is 6.04. The van der Waals surface area contributed by atoms with E-state index in [1.54, 1.807) is 24.3 Å². The molecule has 2 amide bonds. The Morgan fingerprint density at radius 3 is 2.34 bits per heavy atom. The van der Waals surface area contributed by atoms with Crippen LogP contribution in [0.3, 0.4) is 0 Å². The number of carbonyl (C=O) groups is 2. The number of benzene rings is 2. The molecule has 0 aromatic heterocycles. The zero-order valence-corrected chi connectivity index (χ0v) is 19.8. The molecule has 0 aliphatic heterocycles. The third-order valence-corrected chi connectivity index (χ3v) is 6.84. The average molecular weight is 485 g/mol. The summed E-state index contributed by atoms with van der Waals surface area (Å²) in [6.07, 6.45) is 0. The fraction of sp³-hybridized carbons (Fsp3) is 0.333. The van der Waals surface area contributed by atoms with Gasteiger partial charge in [-0.05, 0) is 36.8 Å². The highest BCUT2D eigenvalue weighted by Crippen LogP contribution is 2.24. The number of nitrogens with one attached hydrogen (secondary N) is 1. The third-order valence-electron chi connectivity index (χ3n) is 4.80. The van der Waals surface area contributed by atoms with Crippen LogP contribution in [0, 0.1) is 5.82 Å². The lowest BCUT2D eigenvalue weighted by Gasteiger charge is -2.32. The molecule has 2 aromatic carbocycles. The highest BCUT2D eigenvalue weighted by Gasteiger charge is 2.33. The van der Waals surface area contributed by atoms with Gasteiger partial charge in [0.2, 0.25) is 11.8 Å². The Hall–Kier alpha value is -2.69. The zero-order chi connectivity index (χ0) is 24.1. The van der Waals surface area contributed by atoms with E-state index in [1.165, 1.54) is 51.2 Å². The first-order chi connectivity index (χ1) is 15.0. The Labute approximate surface area is 192 Å². The summed E-state index contributed by atoms with van der Waals surface area (Å²) in [4.78, 5) is 26.8. The summed E-state index contributed by atoms with van der Waals surface area (Å²) in [7, 11) is -0.219. The SMILES string of the molecule is CNC(=O)C(C)N(Cc1cccc(Cl)c1)C(=O)CN(c1ccccc1F)S(=O)(=O)N(C)C. The minimum absolute atomic E-state index is 0.00109. The van der Waals surface area contributed by atoms with E-state index < -0.39 is 40.4 Å². The fourth-order valence-electron chi connectivity index (χ4n) is 2.98. The third kappa shape index (κ3) is 5.96. The monoisotopic (exact) mass is 484 g/mol. The second kappa shape index (κ2) is 10.8. The van der Waals surface area contributed by atoms with E-state index in [1.807, 2.05) is 0 Å². The predicted molar refractivity (Wildman–Crippen MR) is 122 cm³/mol. The van der Waals surface area contributed by atoms with E-state index in [4.69, 9.17) is 11.6 Å². The number of anilines is 1. The number of nitrogens with zero attached hydrogens (tertiary/aromatic N) is 3. The van der Waals surface area contributed by atoms with Crippen molar-refractivity contribution in [3.05, 3.63) is 64.9 Å². The zero-order valence-electron chi connectivity index (χ0n) is 18.2. The number of para-hydroxylation sites is 1. The second-order valence-electron chi connectivity index (χ2n) is 7.19. The van der Waals surface area contributed by atoms with Gasteiger partial charge in [-0.15, -0.1) is 0 Å². The summed E-state index contributed by atoms with van der Waals surface area (Å²) in [6.45, 7) is 0.819. The van der Waals surface area contributed by atoms with Crippen molar-refractivity contribution in [1.82, 2.24) is 14.5 Å². The molecule has 1 unspecified atom stereocenters. The van der Waals surface area contributed by atoms with Gasteiger partial charge in [-0.25, -0.2) is 8.70 Å². The minimum atomic E-state index is -4.22. The smallest absolute Gasteiger partial charge is 0.304 e. The first-order valence-corrected chi connectivity index (χ1v) is 11.5. The van der Waals surface area contributed by atoms with E-state index in [2.05, 4.69) is 5.32 Å². The fourth-order valence-corrected chi connectivity index (χ4v) is 4.26. The van der Waals surface area contributed by atoms with Crippen LogP contribution >= 0.6 is 11.6 Å². The van der Waals surface area contributed by atoms with Crippen LogP contribution < -0.4 is 9.62 Å². The number of amides is 2. The Balaban J connectivity index is 2.47. The molecule has 174 valence electrons. The van der Waals surface area contributed by atoms with Crippen LogP contribution in [0.2, 0.25) is 5.02 Å². The molecule has 32 heavy (non-hydrogen) atoms. The second-order valence-corrected chi connectivity index (χ2v) is 9.69. The van der Waals surface area contributed by atoms with Crippen molar-refractivity contribution in [1.29, 1.82) is 0 Å². The molecule has 8 nitrogen and oxygen atoms in total. The molecule has 11 heteroatoms. The average Bonchev–Trinajstić information content (AvgIpc) is 2.75. The van der Waals surface area contributed by atoms with Crippen molar-refractivity contribution < 1.29 is 22.4 Å². The van der Waals surface area contributed by atoms with E-state index in [9.17, 15) is 22.4 Å². The highest BCUT2D eigenvalue weighted by atomic mass is 35.5. The Morgan fingerprint density at radius 1 is 1.12 bits per heavy atom. The van der Waals surface area contributed by atoms with Crippen molar-refractivity contribution >= 4 is 39.3 Å². The van der Waals surface area contributed by atoms with Crippen LogP contribution in [0.15, 0.2) is 48.5 Å². The number of halogens is 2. The maximum Gasteiger partial charge on any atom is 0.304 e. The molecule has 0 saturated carbocycles. The lowest BCUT2D eigenvalue weighted by atomic mass is 10.1. The number of rotatable bonds is 9. The van der Waals surface area contributed by atoms with Crippen molar-refractivity contribution in [2.45, 2.75) is 19.5 Å². The van der Waals surface area contributed by atoms with Crippen LogP contribution in [0.1, 0.15) is 12.5 Å². The number of hydrogen-bond donors (Lipinski definition) is 1. The molecule has 2 rings (SSSR count). The first kappa shape index (κ1) is 25.6. The van der Waals surface area contributed by atoms with E-state index in [0.29, 0.717) is 14.9 Å². The molecule has 0 saturated heterocycles. The standard InChI is InChI=1S/C21H26ClFN4O4S/c1-15(21(29)24-2)26(13-16-8-7-9-17(22)12-16)20(28)14-27(32(30,31)25(3)4)19-11-6-5-10-18(19)23/h5-12,15H,13-14H2,1-4H3,(H,24,29). The summed E-state index contributed by atoms with van der Waals surface area (Å²) in [6, 6.07) is 11.1. The Morgan fingerprint density at radius 2 is 1.78 bits per heavy atom. The van der Waals surface area contributed by atoms with Crippen molar-refractivity contribution in [2.75, 3.05) is 32.0 Å². The van der Waals surface area contributed by atoms with Crippen LogP contribution in [-0.2, 0) is 26.3 Å². The molecular weight excluding hydrogens is 459 g/mol. The molecule has 2 aromatic rings. The normalized spacial score (nSPS) is 12.3. The van der Waals surface area contributed by atoms with Crippen LogP contribution in [0.5, 0.6) is 0 Å². The molecule has 0 bridgehead atoms. The van der Waals surface area contributed by atoms with Gasteiger partial charge < -0.3 is 10.2 Å². The first-order valence-electron chi connectivity index (χ1n) is 9.69. The molecule has 0 fully saturated rings. The lowest BCUT2D eigenvalue weighted by Crippen LogP contribution is -2.52. The number of hydrogen-bond acceptors (Lipinski definition) is 4. The molecule has 0 aliphatic rings. The van der Waals surface area contributed by atoms with Crippen molar-refractivity contribution in [3.63, 3.8) is 0 Å². The maximum absolute atomic E-state index is 14.5. The van der Waals surface area contributed by atoms with Gasteiger partial charge in [-0.1, -0.05) is 35.9 Å². The summed E-state index contributed by atoms with van der Waals surface area (Å²) < 4.78 is 41.9. The highest BCUT2D eigenvalue weighted by molar-refractivity contribution is 7.90. The van der Waals surface area contributed by atoms with Gasteiger partial charge in [0, 0.05) is 32.7 Å². The van der Waals surface area contributed by atoms with Crippen LogP contribution in [-0.4, -0.2) is 63.2 Å². The van der Waals surface area contributed by atoms with Gasteiger partial charge in [-0.2, -0.15) is 12.7 Å². The van der Waals surface area contributed by atoms with Gasteiger partial charge in [0.15, 0.2) is 0 Å². The van der Waals surface area contributed by atoms with Gasteiger partial charge in [0.1, 0.15) is 18.4 Å².